The number of carboxylic acid groups (broad SMARTS) is 1. The van der Waals surface area contributed by atoms with Gasteiger partial charge in [0.25, 0.3) is 0 Å². The first-order valence-electron chi connectivity index (χ1n) is 5.73. The van der Waals surface area contributed by atoms with Crippen LogP contribution in [0.4, 0.5) is 4.39 Å². The molecule has 0 atom stereocenters. The highest BCUT2D eigenvalue weighted by Crippen LogP contribution is 2.19. The fourth-order valence-electron chi connectivity index (χ4n) is 2.11. The highest BCUT2D eigenvalue weighted by molar-refractivity contribution is 9.10. The van der Waals surface area contributed by atoms with Gasteiger partial charge in [-0.2, -0.15) is 0 Å². The summed E-state index contributed by atoms with van der Waals surface area (Å²) in [6.45, 7) is 3.81. The Labute approximate surface area is 118 Å². The van der Waals surface area contributed by atoms with Gasteiger partial charge in [-0.05, 0) is 52.5 Å². The standard InChI is InChI=1S/C14H13BrFNO2/c1-8-3-10(4-9(2)13(8)16)6-17-7-11(15)5-12(17)14(18)19/h3-5,7H,6H2,1-2H3,(H,18,19). The maximum atomic E-state index is 13.6. The Morgan fingerprint density at radius 2 is 1.89 bits per heavy atom. The number of benzene rings is 1. The first-order valence-corrected chi connectivity index (χ1v) is 6.52. The van der Waals surface area contributed by atoms with Gasteiger partial charge in [-0.3, -0.25) is 0 Å². The highest BCUT2D eigenvalue weighted by atomic mass is 79.9. The number of aromatic nitrogens is 1. The van der Waals surface area contributed by atoms with Crippen molar-refractivity contribution < 1.29 is 14.3 Å². The van der Waals surface area contributed by atoms with Crippen molar-refractivity contribution in [3.63, 3.8) is 0 Å². The zero-order valence-electron chi connectivity index (χ0n) is 10.6. The van der Waals surface area contributed by atoms with Gasteiger partial charge in [0.1, 0.15) is 11.5 Å². The van der Waals surface area contributed by atoms with Gasteiger partial charge in [0.15, 0.2) is 0 Å². The fourth-order valence-corrected chi connectivity index (χ4v) is 2.57. The van der Waals surface area contributed by atoms with E-state index in [1.165, 1.54) is 0 Å². The number of aryl methyl sites for hydroxylation is 2. The molecule has 1 N–H and O–H groups in total. The molecule has 3 nitrogen and oxygen atoms in total. The maximum absolute atomic E-state index is 13.6. The Kier molecular flexibility index (Phi) is 3.75. The third kappa shape index (κ3) is 2.87. The zero-order valence-corrected chi connectivity index (χ0v) is 12.2. The van der Waals surface area contributed by atoms with Crippen LogP contribution in [0.1, 0.15) is 27.2 Å². The van der Waals surface area contributed by atoms with Crippen molar-refractivity contribution in [2.24, 2.45) is 0 Å². The number of hydrogen-bond donors (Lipinski definition) is 1. The van der Waals surface area contributed by atoms with E-state index in [0.717, 1.165) is 5.56 Å². The summed E-state index contributed by atoms with van der Waals surface area (Å²) in [6, 6.07) is 5.02. The minimum Gasteiger partial charge on any atom is -0.477 e. The molecule has 2 rings (SSSR count). The molecule has 5 heteroatoms. The monoisotopic (exact) mass is 325 g/mol. The van der Waals surface area contributed by atoms with Crippen LogP contribution in [-0.2, 0) is 6.54 Å². The van der Waals surface area contributed by atoms with E-state index in [0.29, 0.717) is 22.1 Å². The molecule has 0 radical (unpaired) electrons. The van der Waals surface area contributed by atoms with Crippen LogP contribution in [0.15, 0.2) is 28.9 Å². The quantitative estimate of drug-likeness (QED) is 0.933. The van der Waals surface area contributed by atoms with Gasteiger partial charge in [-0.1, -0.05) is 12.1 Å². The predicted octanol–water partition coefficient (Wildman–Crippen LogP) is 3.75. The summed E-state index contributed by atoms with van der Waals surface area (Å²) in [5.41, 5.74) is 2.21. The van der Waals surface area contributed by atoms with E-state index in [9.17, 15) is 9.18 Å². The molecular formula is C14H13BrFNO2. The lowest BCUT2D eigenvalue weighted by atomic mass is 10.1. The number of carbonyl (C=O) groups is 1. The summed E-state index contributed by atoms with van der Waals surface area (Å²) in [5, 5.41) is 9.11. The molecule has 0 fully saturated rings. The number of rotatable bonds is 3. The van der Waals surface area contributed by atoms with Crippen LogP contribution in [-0.4, -0.2) is 15.6 Å². The molecule has 0 spiro atoms. The van der Waals surface area contributed by atoms with E-state index >= 15 is 0 Å². The highest BCUT2D eigenvalue weighted by Gasteiger charge is 2.12. The van der Waals surface area contributed by atoms with Crippen LogP contribution in [0.3, 0.4) is 0 Å². The van der Waals surface area contributed by atoms with Crippen LogP contribution >= 0.6 is 15.9 Å². The van der Waals surface area contributed by atoms with Crippen molar-refractivity contribution >= 4 is 21.9 Å². The Bertz CT molecular complexity index is 626. The van der Waals surface area contributed by atoms with Crippen LogP contribution in [0.2, 0.25) is 0 Å². The average molecular weight is 326 g/mol. The smallest absolute Gasteiger partial charge is 0.352 e. The average Bonchev–Trinajstić information content (AvgIpc) is 2.67. The second-order valence-corrected chi connectivity index (χ2v) is 5.44. The van der Waals surface area contributed by atoms with Crippen molar-refractivity contribution in [2.45, 2.75) is 20.4 Å². The predicted molar refractivity (Wildman–Crippen MR) is 74.1 cm³/mol. The van der Waals surface area contributed by atoms with Crippen molar-refractivity contribution in [3.8, 4) is 0 Å². The number of carboxylic acids is 1. The molecule has 1 aromatic heterocycles. The van der Waals surface area contributed by atoms with Crippen molar-refractivity contribution in [2.75, 3.05) is 0 Å². The third-order valence-corrected chi connectivity index (χ3v) is 3.37. The third-order valence-electron chi connectivity index (χ3n) is 2.93. The Morgan fingerprint density at radius 3 is 2.42 bits per heavy atom. The second kappa shape index (κ2) is 5.17. The number of halogens is 2. The van der Waals surface area contributed by atoms with Gasteiger partial charge in [0.2, 0.25) is 0 Å². The van der Waals surface area contributed by atoms with Gasteiger partial charge in [0, 0.05) is 17.2 Å². The lowest BCUT2D eigenvalue weighted by molar-refractivity contribution is 0.0685. The molecule has 19 heavy (non-hydrogen) atoms. The molecule has 2 aromatic rings. The van der Waals surface area contributed by atoms with Gasteiger partial charge in [-0.25, -0.2) is 9.18 Å². The first kappa shape index (κ1) is 13.8. The normalized spacial score (nSPS) is 10.7. The van der Waals surface area contributed by atoms with Gasteiger partial charge in [-0.15, -0.1) is 0 Å². The lowest BCUT2D eigenvalue weighted by Gasteiger charge is -2.09. The van der Waals surface area contributed by atoms with E-state index in [1.807, 2.05) is 0 Å². The summed E-state index contributed by atoms with van der Waals surface area (Å²) in [6.07, 6.45) is 1.71. The zero-order chi connectivity index (χ0) is 14.2. The molecule has 0 amide bonds. The van der Waals surface area contributed by atoms with Crippen LogP contribution in [0.25, 0.3) is 0 Å². The summed E-state index contributed by atoms with van der Waals surface area (Å²) in [4.78, 5) is 11.1. The Morgan fingerprint density at radius 1 is 1.32 bits per heavy atom. The van der Waals surface area contributed by atoms with E-state index in [-0.39, 0.29) is 11.5 Å². The summed E-state index contributed by atoms with van der Waals surface area (Å²) < 4.78 is 15.9. The van der Waals surface area contributed by atoms with E-state index in [2.05, 4.69) is 15.9 Å². The van der Waals surface area contributed by atoms with Crippen molar-refractivity contribution in [1.82, 2.24) is 4.57 Å². The Hall–Kier alpha value is -1.62. The molecule has 100 valence electrons. The van der Waals surface area contributed by atoms with Gasteiger partial charge >= 0.3 is 5.97 Å². The first-order chi connectivity index (χ1) is 8.88. The number of nitrogens with zero attached hydrogens (tertiary/aromatic N) is 1. The number of hydrogen-bond acceptors (Lipinski definition) is 1. The molecular weight excluding hydrogens is 313 g/mol. The van der Waals surface area contributed by atoms with Gasteiger partial charge in [0.05, 0.1) is 0 Å². The fraction of sp³-hybridized carbons (Fsp3) is 0.214. The minimum absolute atomic E-state index is 0.200. The van der Waals surface area contributed by atoms with Crippen LogP contribution in [0, 0.1) is 19.7 Å². The molecule has 0 bridgehead atoms. The summed E-state index contributed by atoms with van der Waals surface area (Å²) in [5.74, 6) is -1.20. The summed E-state index contributed by atoms with van der Waals surface area (Å²) in [7, 11) is 0. The number of aromatic carboxylic acids is 1. The SMILES string of the molecule is Cc1cc(Cn2cc(Br)cc2C(=O)O)cc(C)c1F. The van der Waals surface area contributed by atoms with Crippen molar-refractivity contribution in [1.29, 1.82) is 0 Å². The topological polar surface area (TPSA) is 42.2 Å². The summed E-state index contributed by atoms with van der Waals surface area (Å²) >= 11 is 3.26. The molecule has 0 aliphatic rings. The van der Waals surface area contributed by atoms with Crippen LogP contribution in [0.5, 0.6) is 0 Å². The molecule has 0 aliphatic carbocycles. The van der Waals surface area contributed by atoms with E-state index in [4.69, 9.17) is 5.11 Å². The molecule has 1 heterocycles. The van der Waals surface area contributed by atoms with Gasteiger partial charge < -0.3 is 9.67 Å². The van der Waals surface area contributed by atoms with E-state index in [1.54, 1.807) is 42.8 Å². The van der Waals surface area contributed by atoms with Crippen LogP contribution < -0.4 is 0 Å². The molecule has 0 unspecified atom stereocenters. The molecule has 0 saturated carbocycles. The largest absolute Gasteiger partial charge is 0.477 e. The lowest BCUT2D eigenvalue weighted by Crippen LogP contribution is -2.09. The molecule has 0 aliphatic heterocycles. The molecule has 0 saturated heterocycles. The second-order valence-electron chi connectivity index (χ2n) is 4.52. The maximum Gasteiger partial charge on any atom is 0.352 e. The van der Waals surface area contributed by atoms with Crippen molar-refractivity contribution in [3.05, 3.63) is 57.1 Å². The minimum atomic E-state index is -0.985. The molecule has 1 aromatic carbocycles. The Balaban J connectivity index is 2.39. The van der Waals surface area contributed by atoms with E-state index < -0.39 is 5.97 Å².